The van der Waals surface area contributed by atoms with Crippen molar-refractivity contribution in [3.63, 3.8) is 0 Å². The van der Waals surface area contributed by atoms with E-state index in [4.69, 9.17) is 15.5 Å². The molecule has 4 rings (SSSR count). The molecule has 0 aromatic carbocycles. The minimum absolute atomic E-state index is 0.0206. The summed E-state index contributed by atoms with van der Waals surface area (Å²) in [7, 11) is 1.73. The van der Waals surface area contributed by atoms with E-state index in [0.717, 1.165) is 38.4 Å². The van der Waals surface area contributed by atoms with Gasteiger partial charge in [-0.2, -0.15) is 0 Å². The van der Waals surface area contributed by atoms with E-state index in [1.807, 2.05) is 0 Å². The van der Waals surface area contributed by atoms with Gasteiger partial charge in [0, 0.05) is 51.2 Å². The molecule has 2 unspecified atom stereocenters. The summed E-state index contributed by atoms with van der Waals surface area (Å²) in [6, 6.07) is -0.0206. The van der Waals surface area contributed by atoms with Crippen LogP contribution in [0.5, 0.6) is 0 Å². The van der Waals surface area contributed by atoms with Gasteiger partial charge >= 0.3 is 0 Å². The predicted octanol–water partition coefficient (Wildman–Crippen LogP) is 0.0235. The molecule has 0 aromatic heterocycles. The molecule has 0 aromatic rings. The predicted molar refractivity (Wildman–Crippen MR) is 77.6 cm³/mol. The minimum Gasteiger partial charge on any atom is -0.385 e. The molecule has 0 amide bonds. The van der Waals surface area contributed by atoms with Gasteiger partial charge in [0.15, 0.2) is 0 Å². The highest BCUT2D eigenvalue weighted by molar-refractivity contribution is 5.96. The van der Waals surface area contributed by atoms with Crippen LogP contribution in [0.15, 0.2) is 21.4 Å². The van der Waals surface area contributed by atoms with Gasteiger partial charge in [-0.05, 0) is 6.42 Å². The third-order valence-corrected chi connectivity index (χ3v) is 4.78. The molecule has 1 fully saturated rings. The lowest BCUT2D eigenvalue weighted by atomic mass is 9.83. The van der Waals surface area contributed by atoms with Crippen molar-refractivity contribution in [2.24, 2.45) is 21.6 Å². The van der Waals surface area contributed by atoms with Crippen molar-refractivity contribution in [2.75, 3.05) is 39.9 Å². The molecule has 4 aliphatic heterocycles. The van der Waals surface area contributed by atoms with Crippen molar-refractivity contribution in [2.45, 2.75) is 18.9 Å². The number of rotatable bonds is 3. The maximum absolute atomic E-state index is 6.14. The fourth-order valence-corrected chi connectivity index (χ4v) is 3.80. The summed E-state index contributed by atoms with van der Waals surface area (Å²) in [5, 5.41) is 0. The summed E-state index contributed by atoms with van der Waals surface area (Å²) in [5.41, 5.74) is 7.55. The molecule has 6 nitrogen and oxygen atoms in total. The third-order valence-electron chi connectivity index (χ3n) is 4.78. The Morgan fingerprint density at radius 3 is 3.10 bits per heavy atom. The van der Waals surface area contributed by atoms with E-state index in [0.29, 0.717) is 18.4 Å². The second-order valence-corrected chi connectivity index (χ2v) is 5.86. The van der Waals surface area contributed by atoms with Crippen LogP contribution in [0.1, 0.15) is 12.8 Å². The Labute approximate surface area is 119 Å². The molecular formula is C14H21N5O. The highest BCUT2D eigenvalue weighted by atomic mass is 16.5. The summed E-state index contributed by atoms with van der Waals surface area (Å²) >= 11 is 0. The highest BCUT2D eigenvalue weighted by Gasteiger charge is 2.45. The summed E-state index contributed by atoms with van der Waals surface area (Å²) in [4.78, 5) is 14.3. The molecule has 0 radical (unpaired) electrons. The number of nitrogens with zero attached hydrogens (tertiary/aromatic N) is 4. The number of methoxy groups -OCH3 is 1. The maximum atomic E-state index is 6.14. The molecule has 20 heavy (non-hydrogen) atoms. The van der Waals surface area contributed by atoms with E-state index in [1.54, 1.807) is 7.11 Å². The maximum Gasteiger partial charge on any atom is 0.134 e. The van der Waals surface area contributed by atoms with Crippen LogP contribution in [0, 0.1) is 5.92 Å². The molecule has 0 spiro atoms. The second-order valence-electron chi connectivity index (χ2n) is 5.86. The standard InChI is InChI=1S/C14H21N5O/c1-20-7-3-10-17-12-11-9(8-16-13(12)15)2-4-18-5-6-19(10)14(11)18/h9,12H,2-8H2,1H3,(H2,15,16). The Hall–Kier alpha value is -1.56. The summed E-state index contributed by atoms with van der Waals surface area (Å²) < 4.78 is 5.22. The van der Waals surface area contributed by atoms with Crippen molar-refractivity contribution < 1.29 is 4.74 Å². The van der Waals surface area contributed by atoms with Crippen LogP contribution < -0.4 is 5.73 Å². The third kappa shape index (κ3) is 1.60. The molecular weight excluding hydrogens is 254 g/mol. The monoisotopic (exact) mass is 275 g/mol. The van der Waals surface area contributed by atoms with Crippen LogP contribution >= 0.6 is 0 Å². The summed E-state index contributed by atoms with van der Waals surface area (Å²) in [5.74, 6) is 3.71. The second kappa shape index (κ2) is 4.48. The van der Waals surface area contributed by atoms with Crippen LogP contribution in [-0.2, 0) is 4.74 Å². The normalized spacial score (nSPS) is 31.2. The first-order valence-corrected chi connectivity index (χ1v) is 7.41. The van der Waals surface area contributed by atoms with Crippen LogP contribution in [0.2, 0.25) is 0 Å². The van der Waals surface area contributed by atoms with E-state index < -0.39 is 0 Å². The van der Waals surface area contributed by atoms with Gasteiger partial charge in [-0.25, -0.2) is 0 Å². The summed E-state index contributed by atoms with van der Waals surface area (Å²) in [6.45, 7) is 4.82. The Morgan fingerprint density at radius 2 is 2.25 bits per heavy atom. The van der Waals surface area contributed by atoms with E-state index in [-0.39, 0.29) is 6.04 Å². The van der Waals surface area contributed by atoms with Gasteiger partial charge in [0.25, 0.3) is 0 Å². The fraction of sp³-hybridized carbons (Fsp3) is 0.714. The minimum atomic E-state index is -0.0206. The Kier molecular flexibility index (Phi) is 2.73. The molecule has 4 heterocycles. The van der Waals surface area contributed by atoms with Gasteiger partial charge in [0.1, 0.15) is 23.5 Å². The molecule has 4 aliphatic rings. The average Bonchev–Trinajstić information content (AvgIpc) is 2.90. The molecule has 6 heteroatoms. The first-order chi connectivity index (χ1) is 9.79. The Balaban J connectivity index is 1.77. The molecule has 2 N–H and O–H groups in total. The lowest BCUT2D eigenvalue weighted by molar-refractivity contribution is 0.204. The molecule has 0 aliphatic carbocycles. The van der Waals surface area contributed by atoms with Gasteiger partial charge < -0.3 is 20.3 Å². The molecule has 0 saturated carbocycles. The molecule has 0 bridgehead atoms. The van der Waals surface area contributed by atoms with Crippen LogP contribution in [0.4, 0.5) is 0 Å². The SMILES string of the molecule is COCCC1=NC2C(N)=NCC3CCN4CCN1C4=C32. The van der Waals surface area contributed by atoms with Gasteiger partial charge in [0.05, 0.1) is 6.61 Å². The average molecular weight is 275 g/mol. The summed E-state index contributed by atoms with van der Waals surface area (Å²) in [6.07, 6.45) is 2.03. The topological polar surface area (TPSA) is 66.5 Å². The van der Waals surface area contributed by atoms with Crippen LogP contribution in [0.3, 0.4) is 0 Å². The van der Waals surface area contributed by atoms with Crippen molar-refractivity contribution in [1.29, 1.82) is 0 Å². The fourth-order valence-electron chi connectivity index (χ4n) is 3.80. The van der Waals surface area contributed by atoms with Gasteiger partial charge in [-0.3, -0.25) is 9.98 Å². The van der Waals surface area contributed by atoms with Crippen molar-refractivity contribution in [1.82, 2.24) is 9.80 Å². The van der Waals surface area contributed by atoms with E-state index >= 15 is 0 Å². The molecule has 108 valence electrons. The zero-order valence-electron chi connectivity index (χ0n) is 11.9. The van der Waals surface area contributed by atoms with Crippen molar-refractivity contribution >= 4 is 11.7 Å². The number of ether oxygens (including phenoxy) is 1. The first-order valence-electron chi connectivity index (χ1n) is 7.41. The lowest BCUT2D eigenvalue weighted by Crippen LogP contribution is -2.49. The van der Waals surface area contributed by atoms with Crippen LogP contribution in [0.25, 0.3) is 0 Å². The van der Waals surface area contributed by atoms with Gasteiger partial charge in [-0.1, -0.05) is 0 Å². The Bertz CT molecular complexity index is 524. The lowest BCUT2D eigenvalue weighted by Gasteiger charge is -2.43. The van der Waals surface area contributed by atoms with Crippen LogP contribution in [-0.4, -0.2) is 67.4 Å². The number of nitrogens with two attached hydrogens (primary N) is 1. The molecule has 1 saturated heterocycles. The van der Waals surface area contributed by atoms with Crippen molar-refractivity contribution in [3.8, 4) is 0 Å². The van der Waals surface area contributed by atoms with Gasteiger partial charge in [0.2, 0.25) is 0 Å². The first kappa shape index (κ1) is 12.2. The van der Waals surface area contributed by atoms with E-state index in [9.17, 15) is 0 Å². The largest absolute Gasteiger partial charge is 0.385 e. The Morgan fingerprint density at radius 1 is 1.35 bits per heavy atom. The van der Waals surface area contributed by atoms with E-state index in [1.165, 1.54) is 17.8 Å². The molecule has 2 atom stereocenters. The quantitative estimate of drug-likeness (QED) is 0.789. The highest BCUT2D eigenvalue weighted by Crippen LogP contribution is 2.40. The number of hydrogen-bond acceptors (Lipinski definition) is 6. The zero-order valence-corrected chi connectivity index (χ0v) is 11.9. The van der Waals surface area contributed by atoms with Crippen molar-refractivity contribution in [3.05, 3.63) is 11.4 Å². The zero-order chi connectivity index (χ0) is 13.7. The number of aliphatic imine (C=N–C) groups is 2. The smallest absolute Gasteiger partial charge is 0.134 e. The van der Waals surface area contributed by atoms with Gasteiger partial charge in [-0.15, -0.1) is 0 Å². The number of amidine groups is 2. The number of hydrogen-bond donors (Lipinski definition) is 1. The van der Waals surface area contributed by atoms with E-state index in [2.05, 4.69) is 14.8 Å².